The van der Waals surface area contributed by atoms with Gasteiger partial charge in [0.1, 0.15) is 0 Å². The molecule has 2 aromatic rings. The molecule has 0 heterocycles. The van der Waals surface area contributed by atoms with E-state index in [-0.39, 0.29) is 0 Å². The van der Waals surface area contributed by atoms with Crippen molar-refractivity contribution in [2.24, 2.45) is 0 Å². The summed E-state index contributed by atoms with van der Waals surface area (Å²) in [5, 5.41) is 0. The molecule has 0 amide bonds. The minimum atomic E-state index is -1.43. The molecule has 0 unspecified atom stereocenters. The lowest BCUT2D eigenvalue weighted by Gasteiger charge is -2.29. The van der Waals surface area contributed by atoms with Gasteiger partial charge in [0, 0.05) is 5.54 Å². The third-order valence-corrected chi connectivity index (χ3v) is 7.08. The summed E-state index contributed by atoms with van der Waals surface area (Å²) in [6.45, 7) is 4.95. The lowest BCUT2D eigenvalue weighted by Crippen LogP contribution is -2.37. The molecule has 19 heavy (non-hydrogen) atoms. The molecular weight excluding hydrogens is 244 g/mol. The van der Waals surface area contributed by atoms with Crippen LogP contribution in [-0.2, 0) is 6.04 Å². The van der Waals surface area contributed by atoms with Crippen LogP contribution in [0.5, 0.6) is 0 Å². The van der Waals surface area contributed by atoms with Crippen molar-refractivity contribution in [2.75, 3.05) is 0 Å². The second-order valence-corrected chi connectivity index (χ2v) is 10.5. The van der Waals surface area contributed by atoms with Gasteiger partial charge in [-0.25, -0.2) is 0 Å². The van der Waals surface area contributed by atoms with Crippen molar-refractivity contribution in [2.45, 2.75) is 19.1 Å². The summed E-state index contributed by atoms with van der Waals surface area (Å²) in [6, 6.07) is 20.8. The van der Waals surface area contributed by atoms with Gasteiger partial charge in [-0.3, -0.25) is 0 Å². The molecule has 0 spiro atoms. The highest BCUT2D eigenvalue weighted by Crippen LogP contribution is 2.37. The summed E-state index contributed by atoms with van der Waals surface area (Å²) >= 11 is 0. The highest BCUT2D eigenvalue weighted by atomic mass is 28.3. The van der Waals surface area contributed by atoms with Gasteiger partial charge >= 0.3 is 0 Å². The second-order valence-electron chi connectivity index (χ2n) is 5.88. The topological polar surface area (TPSA) is 0 Å². The van der Waals surface area contributed by atoms with Crippen LogP contribution in [0.3, 0.4) is 0 Å². The second kappa shape index (κ2) is 4.82. The number of fused-ring (bicyclic) bond motifs is 1. The van der Waals surface area contributed by atoms with E-state index >= 15 is 0 Å². The van der Waals surface area contributed by atoms with Gasteiger partial charge < -0.3 is 0 Å². The van der Waals surface area contributed by atoms with Crippen molar-refractivity contribution in [3.63, 3.8) is 0 Å². The molecular formula is C18H19Si. The van der Waals surface area contributed by atoms with Crippen LogP contribution in [0.15, 0.2) is 60.7 Å². The van der Waals surface area contributed by atoms with Gasteiger partial charge in [0.15, 0.2) is 0 Å². The summed E-state index contributed by atoms with van der Waals surface area (Å²) in [6.07, 6.45) is 4.62. The van der Waals surface area contributed by atoms with Crippen LogP contribution in [0.4, 0.5) is 0 Å². The normalized spacial score (nSPS) is 14.6. The van der Waals surface area contributed by atoms with Gasteiger partial charge in [-0.05, 0) is 17.2 Å². The summed E-state index contributed by atoms with van der Waals surface area (Å²) in [4.78, 5) is 0. The van der Waals surface area contributed by atoms with E-state index in [1.165, 1.54) is 22.7 Å². The Kier molecular flexibility index (Phi) is 3.15. The Morgan fingerprint density at radius 2 is 1.47 bits per heavy atom. The third-order valence-electron chi connectivity index (χ3n) is 3.90. The molecule has 2 aromatic carbocycles. The average Bonchev–Trinajstić information content (AvgIpc) is 2.84. The Bertz CT molecular complexity index is 596. The van der Waals surface area contributed by atoms with Gasteiger partial charge in [-0.1, -0.05) is 85.4 Å². The number of benzene rings is 2. The minimum Gasteiger partial charge on any atom is -0.0752 e. The average molecular weight is 263 g/mol. The molecule has 0 N–H and O–H groups in total. The largest absolute Gasteiger partial charge is 0.0752 e. The van der Waals surface area contributed by atoms with E-state index in [0.29, 0.717) is 0 Å². The lowest BCUT2D eigenvalue weighted by molar-refractivity contribution is 1.27. The van der Waals surface area contributed by atoms with E-state index in [4.69, 9.17) is 0 Å². The molecule has 3 rings (SSSR count). The summed E-state index contributed by atoms with van der Waals surface area (Å²) in [7, 11) is -1.43. The SMILES string of the molecule is C[Si](C)(Cc1ccccc1)[C]1C=Cc2ccccc21. The quantitative estimate of drug-likeness (QED) is 0.706. The Labute approximate surface area is 116 Å². The van der Waals surface area contributed by atoms with Gasteiger partial charge in [0.05, 0.1) is 8.07 Å². The van der Waals surface area contributed by atoms with Crippen molar-refractivity contribution >= 4 is 14.1 Å². The molecule has 0 nitrogen and oxygen atoms in total. The first-order valence-electron chi connectivity index (χ1n) is 6.86. The van der Waals surface area contributed by atoms with Crippen molar-refractivity contribution in [1.82, 2.24) is 0 Å². The fourth-order valence-corrected chi connectivity index (χ4v) is 5.88. The molecule has 1 aliphatic carbocycles. The summed E-state index contributed by atoms with van der Waals surface area (Å²) in [5.41, 5.74) is 5.89. The molecule has 0 fully saturated rings. The molecule has 0 aliphatic heterocycles. The van der Waals surface area contributed by atoms with Gasteiger partial charge in [0.25, 0.3) is 0 Å². The Balaban J connectivity index is 1.88. The van der Waals surface area contributed by atoms with Gasteiger partial charge in [0.2, 0.25) is 0 Å². The van der Waals surface area contributed by atoms with Gasteiger partial charge in [-0.2, -0.15) is 0 Å². The zero-order valence-corrected chi connectivity index (χ0v) is 12.6. The van der Waals surface area contributed by atoms with E-state index in [1.54, 1.807) is 5.54 Å². The van der Waals surface area contributed by atoms with E-state index in [0.717, 1.165) is 0 Å². The first-order valence-corrected chi connectivity index (χ1v) is 10.1. The molecule has 0 saturated heterocycles. The van der Waals surface area contributed by atoms with Crippen molar-refractivity contribution in [3.05, 3.63) is 82.9 Å². The number of hydrogen-bond donors (Lipinski definition) is 0. The van der Waals surface area contributed by atoms with Crippen LogP contribution in [0.1, 0.15) is 16.7 Å². The fraction of sp³-hybridized carbons (Fsp3) is 0.167. The van der Waals surface area contributed by atoms with Crippen LogP contribution in [-0.4, -0.2) is 8.07 Å². The minimum absolute atomic E-state index is 1.21. The van der Waals surface area contributed by atoms with Gasteiger partial charge in [-0.15, -0.1) is 0 Å². The predicted molar refractivity (Wildman–Crippen MR) is 85.4 cm³/mol. The Morgan fingerprint density at radius 3 is 2.26 bits per heavy atom. The highest BCUT2D eigenvalue weighted by Gasteiger charge is 2.34. The maximum atomic E-state index is 2.47. The highest BCUT2D eigenvalue weighted by molar-refractivity contribution is 6.83. The molecule has 1 aliphatic rings. The lowest BCUT2D eigenvalue weighted by atomic mass is 10.1. The van der Waals surface area contributed by atoms with E-state index < -0.39 is 8.07 Å². The zero-order valence-electron chi connectivity index (χ0n) is 11.6. The van der Waals surface area contributed by atoms with Crippen LogP contribution in [0, 0.1) is 5.54 Å². The van der Waals surface area contributed by atoms with E-state index in [1.807, 2.05) is 0 Å². The molecule has 1 heteroatoms. The first-order chi connectivity index (χ1) is 9.17. The van der Waals surface area contributed by atoms with Crippen LogP contribution >= 0.6 is 0 Å². The molecule has 95 valence electrons. The number of allylic oxidation sites excluding steroid dienone is 1. The molecule has 1 radical (unpaired) electrons. The smallest absolute Gasteiger partial charge is 0.0690 e. The molecule has 0 aromatic heterocycles. The zero-order chi connectivity index (χ0) is 13.3. The number of hydrogen-bond acceptors (Lipinski definition) is 0. The monoisotopic (exact) mass is 263 g/mol. The Hall–Kier alpha value is -1.60. The molecule has 0 bridgehead atoms. The Morgan fingerprint density at radius 1 is 0.789 bits per heavy atom. The van der Waals surface area contributed by atoms with Crippen LogP contribution in [0.25, 0.3) is 6.08 Å². The fourth-order valence-electron chi connectivity index (χ4n) is 2.94. The first kappa shape index (κ1) is 12.4. The summed E-state index contributed by atoms with van der Waals surface area (Å²) < 4.78 is 0. The third kappa shape index (κ3) is 2.43. The van der Waals surface area contributed by atoms with Crippen molar-refractivity contribution < 1.29 is 0 Å². The van der Waals surface area contributed by atoms with Crippen molar-refractivity contribution in [1.29, 1.82) is 0 Å². The standard InChI is InChI=1S/C18H19Si/c1-19(2,14-15-8-4-3-5-9-15)18-13-12-16-10-6-7-11-17(16)18/h3-13H,14H2,1-2H3. The van der Waals surface area contributed by atoms with Crippen LogP contribution < -0.4 is 0 Å². The van der Waals surface area contributed by atoms with Crippen LogP contribution in [0.2, 0.25) is 13.1 Å². The van der Waals surface area contributed by atoms with E-state index in [2.05, 4.69) is 79.8 Å². The van der Waals surface area contributed by atoms with E-state index in [9.17, 15) is 0 Å². The molecule has 0 atom stereocenters. The predicted octanol–water partition coefficient (Wildman–Crippen LogP) is 4.67. The maximum absolute atomic E-state index is 2.47. The summed E-state index contributed by atoms with van der Waals surface area (Å²) in [5.74, 6) is 0. The number of rotatable bonds is 3. The maximum Gasteiger partial charge on any atom is 0.0690 e. The van der Waals surface area contributed by atoms with Crippen molar-refractivity contribution in [3.8, 4) is 0 Å². The molecule has 0 saturated carbocycles.